The molecule has 2 aromatic carbocycles. The van der Waals surface area contributed by atoms with E-state index in [4.69, 9.17) is 4.74 Å². The Labute approximate surface area is 198 Å². The highest BCUT2D eigenvalue weighted by molar-refractivity contribution is 5.83. The van der Waals surface area contributed by atoms with E-state index >= 15 is 0 Å². The van der Waals surface area contributed by atoms with E-state index in [1.165, 1.54) is 11.1 Å². The second-order valence-corrected chi connectivity index (χ2v) is 10.0. The van der Waals surface area contributed by atoms with Crippen LogP contribution in [0.3, 0.4) is 0 Å². The highest BCUT2D eigenvalue weighted by Crippen LogP contribution is 2.52. The molecule has 2 amide bonds. The SMILES string of the molecule is O=C(N[C@@H]1CCC[C@@H]1C(=O)N1C[C@@H]2C(C(=O)O)[C@@H]2C1)OCC1c2ccccc2-c2ccccc21. The van der Waals surface area contributed by atoms with Gasteiger partial charge in [0.25, 0.3) is 0 Å². The Morgan fingerprint density at radius 3 is 2.18 bits per heavy atom. The molecular weight excluding hydrogens is 432 g/mol. The first-order valence-corrected chi connectivity index (χ1v) is 12.2. The highest BCUT2D eigenvalue weighted by Gasteiger charge is 2.61. The summed E-state index contributed by atoms with van der Waals surface area (Å²) in [6.07, 6.45) is 1.88. The van der Waals surface area contributed by atoms with Crippen molar-refractivity contribution in [3.05, 3.63) is 59.7 Å². The van der Waals surface area contributed by atoms with Gasteiger partial charge in [0.2, 0.25) is 5.91 Å². The molecule has 3 fully saturated rings. The van der Waals surface area contributed by atoms with Crippen LogP contribution >= 0.6 is 0 Å². The largest absolute Gasteiger partial charge is 0.481 e. The van der Waals surface area contributed by atoms with Crippen molar-refractivity contribution in [2.45, 2.75) is 31.2 Å². The van der Waals surface area contributed by atoms with Gasteiger partial charge in [0.1, 0.15) is 6.61 Å². The molecule has 5 atom stereocenters. The summed E-state index contributed by atoms with van der Waals surface area (Å²) in [5.74, 6) is -1.08. The van der Waals surface area contributed by atoms with E-state index in [1.807, 2.05) is 24.3 Å². The molecule has 1 unspecified atom stereocenters. The molecule has 34 heavy (non-hydrogen) atoms. The maximum absolute atomic E-state index is 13.1. The predicted octanol–water partition coefficient (Wildman–Crippen LogP) is 3.48. The summed E-state index contributed by atoms with van der Waals surface area (Å²) in [5, 5.41) is 12.2. The van der Waals surface area contributed by atoms with Crippen LogP contribution in [0.15, 0.2) is 48.5 Å². The van der Waals surface area contributed by atoms with Gasteiger partial charge in [0.05, 0.1) is 11.8 Å². The van der Waals surface area contributed by atoms with Crippen molar-refractivity contribution < 1.29 is 24.2 Å². The average molecular weight is 461 g/mol. The number of carbonyl (C=O) groups is 3. The third-order valence-electron chi connectivity index (χ3n) is 8.27. The number of hydrogen-bond acceptors (Lipinski definition) is 4. The van der Waals surface area contributed by atoms with E-state index < -0.39 is 12.1 Å². The van der Waals surface area contributed by atoms with E-state index in [0.29, 0.717) is 13.1 Å². The summed E-state index contributed by atoms with van der Waals surface area (Å²) in [7, 11) is 0. The first-order chi connectivity index (χ1) is 16.5. The molecule has 7 heteroatoms. The second-order valence-electron chi connectivity index (χ2n) is 10.0. The molecule has 176 valence electrons. The van der Waals surface area contributed by atoms with Gasteiger partial charge in [-0.3, -0.25) is 9.59 Å². The summed E-state index contributed by atoms with van der Waals surface area (Å²) >= 11 is 0. The molecule has 2 saturated carbocycles. The van der Waals surface area contributed by atoms with Gasteiger partial charge in [-0.25, -0.2) is 4.79 Å². The number of aliphatic carboxylic acids is 1. The van der Waals surface area contributed by atoms with Crippen molar-refractivity contribution in [3.8, 4) is 11.1 Å². The van der Waals surface area contributed by atoms with Crippen molar-refractivity contribution in [2.24, 2.45) is 23.7 Å². The van der Waals surface area contributed by atoms with Crippen LogP contribution in [0, 0.1) is 23.7 Å². The molecule has 6 rings (SSSR count). The second kappa shape index (κ2) is 8.15. The van der Waals surface area contributed by atoms with Crippen LogP contribution in [0.1, 0.15) is 36.3 Å². The van der Waals surface area contributed by atoms with Gasteiger partial charge in [-0.1, -0.05) is 55.0 Å². The number of carboxylic acids is 1. The Morgan fingerprint density at radius 1 is 0.941 bits per heavy atom. The maximum Gasteiger partial charge on any atom is 0.407 e. The van der Waals surface area contributed by atoms with Crippen LogP contribution in [-0.2, 0) is 14.3 Å². The third-order valence-corrected chi connectivity index (χ3v) is 8.27. The van der Waals surface area contributed by atoms with E-state index in [1.54, 1.807) is 4.90 Å². The molecule has 0 radical (unpaired) electrons. The number of carbonyl (C=O) groups excluding carboxylic acids is 2. The average Bonchev–Trinajstić information content (AvgIpc) is 3.19. The normalized spacial score (nSPS) is 28.7. The molecule has 1 saturated heterocycles. The van der Waals surface area contributed by atoms with Crippen LogP contribution in [0.4, 0.5) is 4.79 Å². The lowest BCUT2D eigenvalue weighted by molar-refractivity contribution is -0.142. The molecule has 1 heterocycles. The van der Waals surface area contributed by atoms with Crippen molar-refractivity contribution in [1.29, 1.82) is 0 Å². The zero-order chi connectivity index (χ0) is 23.4. The Balaban J connectivity index is 1.06. The number of nitrogens with one attached hydrogen (secondary N) is 1. The molecule has 3 aliphatic carbocycles. The van der Waals surface area contributed by atoms with Gasteiger partial charge in [-0.15, -0.1) is 0 Å². The zero-order valence-corrected chi connectivity index (χ0v) is 18.9. The van der Waals surface area contributed by atoms with Gasteiger partial charge in [0, 0.05) is 25.0 Å². The van der Waals surface area contributed by atoms with E-state index in [9.17, 15) is 19.5 Å². The van der Waals surface area contributed by atoms with E-state index in [-0.39, 0.29) is 48.1 Å². The van der Waals surface area contributed by atoms with E-state index in [0.717, 1.165) is 30.4 Å². The number of hydrogen-bond donors (Lipinski definition) is 2. The fourth-order valence-electron chi connectivity index (χ4n) is 6.53. The minimum absolute atomic E-state index is 0.00216. The van der Waals surface area contributed by atoms with Crippen LogP contribution in [-0.4, -0.2) is 53.7 Å². The lowest BCUT2D eigenvalue weighted by atomic mass is 9.98. The van der Waals surface area contributed by atoms with Crippen molar-refractivity contribution in [1.82, 2.24) is 10.2 Å². The predicted molar refractivity (Wildman–Crippen MR) is 124 cm³/mol. The van der Waals surface area contributed by atoms with E-state index in [2.05, 4.69) is 29.6 Å². The molecule has 0 aromatic heterocycles. The number of nitrogens with zero attached hydrogens (tertiary/aromatic N) is 1. The Bertz CT molecular complexity index is 1110. The first kappa shape index (κ1) is 21.2. The molecule has 7 nitrogen and oxygen atoms in total. The lowest BCUT2D eigenvalue weighted by Crippen LogP contribution is -2.46. The number of piperidine rings is 1. The van der Waals surface area contributed by atoms with Crippen molar-refractivity contribution in [3.63, 3.8) is 0 Å². The van der Waals surface area contributed by atoms with Crippen LogP contribution in [0.25, 0.3) is 11.1 Å². The number of rotatable bonds is 5. The van der Waals surface area contributed by atoms with Gasteiger partial charge >= 0.3 is 12.1 Å². The smallest absolute Gasteiger partial charge is 0.407 e. The quantitative estimate of drug-likeness (QED) is 0.712. The molecular formula is C27H28N2O5. The molecule has 1 aliphatic heterocycles. The monoisotopic (exact) mass is 460 g/mol. The highest BCUT2D eigenvalue weighted by atomic mass is 16.5. The number of benzene rings is 2. The minimum atomic E-state index is -0.752. The first-order valence-electron chi connectivity index (χ1n) is 12.2. The Morgan fingerprint density at radius 2 is 1.56 bits per heavy atom. The third kappa shape index (κ3) is 3.45. The van der Waals surface area contributed by atoms with Gasteiger partial charge in [-0.2, -0.15) is 0 Å². The van der Waals surface area contributed by atoms with Gasteiger partial charge in [-0.05, 0) is 46.9 Å². The summed E-state index contributed by atoms with van der Waals surface area (Å²) in [6, 6.07) is 16.2. The minimum Gasteiger partial charge on any atom is -0.481 e. The standard InChI is InChI=1S/C27H28N2O5/c30-25(29-12-20-21(13-29)24(20)26(31)32)19-10-5-11-23(19)28-27(33)34-14-22-17-8-3-1-6-15(17)16-7-2-4-9-18(16)22/h1-4,6-9,19-24H,5,10-14H2,(H,28,33)(H,31,32)/t19-,20-,21+,23+,24?/m0/s1. The van der Waals surface area contributed by atoms with Gasteiger partial charge < -0.3 is 20.1 Å². The summed E-state index contributed by atoms with van der Waals surface area (Å²) < 4.78 is 5.68. The molecule has 0 spiro atoms. The fraction of sp³-hybridized carbons (Fsp3) is 0.444. The molecule has 2 aromatic rings. The summed E-state index contributed by atoms with van der Waals surface area (Å²) in [5.41, 5.74) is 4.69. The topological polar surface area (TPSA) is 95.9 Å². The van der Waals surface area contributed by atoms with Gasteiger partial charge in [0.15, 0.2) is 0 Å². The maximum atomic E-state index is 13.1. The van der Waals surface area contributed by atoms with Crippen LogP contribution < -0.4 is 5.32 Å². The van der Waals surface area contributed by atoms with Crippen molar-refractivity contribution in [2.75, 3.05) is 19.7 Å². The molecule has 0 bridgehead atoms. The number of fused-ring (bicyclic) bond motifs is 4. The lowest BCUT2D eigenvalue weighted by Gasteiger charge is -2.27. The molecule has 4 aliphatic rings. The van der Waals surface area contributed by atoms with Crippen molar-refractivity contribution >= 4 is 18.0 Å². The Hall–Kier alpha value is -3.35. The number of likely N-dealkylation sites (tertiary alicyclic amines) is 1. The zero-order valence-electron chi connectivity index (χ0n) is 18.9. The molecule has 2 N–H and O–H groups in total. The number of carboxylic acid groups (broad SMARTS) is 1. The number of ether oxygens (including phenoxy) is 1. The van der Waals surface area contributed by atoms with Crippen LogP contribution in [0.2, 0.25) is 0 Å². The van der Waals surface area contributed by atoms with Crippen LogP contribution in [0.5, 0.6) is 0 Å². The Kier molecular flexibility index (Phi) is 5.08. The summed E-state index contributed by atoms with van der Waals surface area (Å²) in [4.78, 5) is 38.8. The fourth-order valence-corrected chi connectivity index (χ4v) is 6.53. The number of alkyl carbamates (subject to hydrolysis) is 1. The number of amides is 2. The summed E-state index contributed by atoms with van der Waals surface area (Å²) in [6.45, 7) is 1.29.